The molecule has 0 saturated carbocycles. The van der Waals surface area contributed by atoms with E-state index in [0.717, 1.165) is 0 Å². The molecule has 1 amide bonds. The molecule has 2 aromatic rings. The zero-order valence-electron chi connectivity index (χ0n) is 17.2. The Morgan fingerprint density at radius 1 is 1.22 bits per heavy atom. The highest BCUT2D eigenvalue weighted by molar-refractivity contribution is 7.91. The van der Waals surface area contributed by atoms with Gasteiger partial charge in [0, 0.05) is 31.3 Å². The van der Waals surface area contributed by atoms with Gasteiger partial charge in [-0.15, -0.1) is 0 Å². The molecular weight excluding hydrogens is 452 g/mol. The van der Waals surface area contributed by atoms with Crippen molar-refractivity contribution in [1.29, 1.82) is 0 Å². The lowest BCUT2D eigenvalue weighted by Crippen LogP contribution is -2.34. The number of nitrogens with one attached hydrogen (secondary N) is 1. The summed E-state index contributed by atoms with van der Waals surface area (Å²) in [7, 11) is -3.05. The predicted molar refractivity (Wildman–Crippen MR) is 109 cm³/mol. The summed E-state index contributed by atoms with van der Waals surface area (Å²) < 4.78 is 76.3. The molecule has 1 aliphatic heterocycles. The number of amides is 1. The number of rotatable bonds is 7. The molecule has 1 aliphatic rings. The van der Waals surface area contributed by atoms with Crippen LogP contribution in [0.25, 0.3) is 0 Å². The van der Waals surface area contributed by atoms with Crippen LogP contribution in [0, 0.1) is 11.7 Å². The lowest BCUT2D eigenvalue weighted by Gasteiger charge is -2.27. The first-order valence-corrected chi connectivity index (χ1v) is 11.9. The van der Waals surface area contributed by atoms with E-state index < -0.39 is 39.1 Å². The number of carbonyl (C=O) groups excluding carboxylic acids is 1. The van der Waals surface area contributed by atoms with Gasteiger partial charge in [0.25, 0.3) is 5.91 Å². The minimum Gasteiger partial charge on any atom is -0.333 e. The molecule has 3 N–H and O–H groups in total. The van der Waals surface area contributed by atoms with Crippen molar-refractivity contribution in [2.75, 3.05) is 18.1 Å². The van der Waals surface area contributed by atoms with Gasteiger partial charge in [0.2, 0.25) is 0 Å². The molecule has 0 unspecified atom stereocenters. The molecule has 0 bridgehead atoms. The van der Waals surface area contributed by atoms with Crippen LogP contribution in [0.5, 0.6) is 0 Å². The van der Waals surface area contributed by atoms with E-state index in [-0.39, 0.29) is 42.6 Å². The van der Waals surface area contributed by atoms with E-state index in [1.807, 2.05) is 5.10 Å². The standard InChI is InChI=1S/C20H24F4N4O3S/c21-16-2-1-14(11-25)9-15(16)12-28(6-3-13-4-7-32(30,31)8-5-13)19(29)17-10-18(27-26-17)20(22,23)24/h1-2,9-10,13H,3-8,11-12,25H2,(H,26,27). The monoisotopic (exact) mass is 476 g/mol. The molecule has 2 heterocycles. The summed E-state index contributed by atoms with van der Waals surface area (Å²) in [5.74, 6) is -1.18. The Morgan fingerprint density at radius 2 is 1.91 bits per heavy atom. The number of hydrogen-bond donors (Lipinski definition) is 2. The van der Waals surface area contributed by atoms with Gasteiger partial charge in [-0.25, -0.2) is 12.8 Å². The van der Waals surface area contributed by atoms with Gasteiger partial charge in [-0.3, -0.25) is 9.89 Å². The van der Waals surface area contributed by atoms with E-state index in [1.165, 1.54) is 23.1 Å². The van der Waals surface area contributed by atoms with Crippen molar-refractivity contribution >= 4 is 15.7 Å². The van der Waals surface area contributed by atoms with E-state index in [4.69, 9.17) is 5.73 Å². The van der Waals surface area contributed by atoms with E-state index in [0.29, 0.717) is 30.9 Å². The zero-order valence-corrected chi connectivity index (χ0v) is 18.0. The quantitative estimate of drug-likeness (QED) is 0.598. The third kappa shape index (κ3) is 6.06. The van der Waals surface area contributed by atoms with Crippen LogP contribution < -0.4 is 5.73 Å². The fourth-order valence-corrected chi connectivity index (χ4v) is 5.23. The van der Waals surface area contributed by atoms with Crippen LogP contribution in [0.2, 0.25) is 0 Å². The molecule has 32 heavy (non-hydrogen) atoms. The number of aromatic amines is 1. The number of H-pyrrole nitrogens is 1. The fourth-order valence-electron chi connectivity index (χ4n) is 3.64. The molecule has 176 valence electrons. The second kappa shape index (κ2) is 9.57. The van der Waals surface area contributed by atoms with E-state index in [2.05, 4.69) is 5.10 Å². The van der Waals surface area contributed by atoms with Gasteiger partial charge in [-0.2, -0.15) is 18.3 Å². The van der Waals surface area contributed by atoms with Gasteiger partial charge >= 0.3 is 6.18 Å². The molecule has 1 saturated heterocycles. The van der Waals surface area contributed by atoms with Crippen molar-refractivity contribution in [3.05, 3.63) is 52.6 Å². The Balaban J connectivity index is 1.80. The van der Waals surface area contributed by atoms with Crippen LogP contribution in [0.3, 0.4) is 0 Å². The summed E-state index contributed by atoms with van der Waals surface area (Å²) in [6, 6.07) is 4.86. The van der Waals surface area contributed by atoms with Crippen molar-refractivity contribution < 1.29 is 30.8 Å². The average molecular weight is 476 g/mol. The molecule has 0 spiro atoms. The number of halogens is 4. The third-order valence-corrected chi connectivity index (χ3v) is 7.29. The topological polar surface area (TPSA) is 109 Å². The normalized spacial score (nSPS) is 16.8. The van der Waals surface area contributed by atoms with Crippen molar-refractivity contribution in [2.24, 2.45) is 11.7 Å². The largest absolute Gasteiger partial charge is 0.432 e. The first-order valence-electron chi connectivity index (χ1n) is 10.1. The van der Waals surface area contributed by atoms with Gasteiger partial charge in [0.05, 0.1) is 11.5 Å². The van der Waals surface area contributed by atoms with Crippen LogP contribution >= 0.6 is 0 Å². The molecule has 1 aromatic heterocycles. The highest BCUT2D eigenvalue weighted by atomic mass is 32.2. The minimum atomic E-state index is -4.69. The molecule has 0 aliphatic carbocycles. The van der Waals surface area contributed by atoms with Gasteiger partial charge in [0.1, 0.15) is 21.3 Å². The summed E-state index contributed by atoms with van der Waals surface area (Å²) in [5.41, 5.74) is 4.83. The molecule has 12 heteroatoms. The maximum Gasteiger partial charge on any atom is 0.432 e. The number of alkyl halides is 3. The first-order chi connectivity index (χ1) is 15.0. The van der Waals surface area contributed by atoms with Crippen LogP contribution in [0.15, 0.2) is 24.3 Å². The van der Waals surface area contributed by atoms with Crippen molar-refractivity contribution in [1.82, 2.24) is 15.1 Å². The van der Waals surface area contributed by atoms with Gasteiger partial charge in [-0.05, 0) is 42.9 Å². The number of benzene rings is 1. The first kappa shape index (κ1) is 24.2. The summed E-state index contributed by atoms with van der Waals surface area (Å²) in [6.07, 6.45) is -3.36. The lowest BCUT2D eigenvalue weighted by molar-refractivity contribution is -0.141. The Kier molecular flexibility index (Phi) is 7.23. The maximum absolute atomic E-state index is 14.4. The van der Waals surface area contributed by atoms with Gasteiger partial charge < -0.3 is 10.6 Å². The number of nitrogens with zero attached hydrogens (tertiary/aromatic N) is 2. The number of hydrogen-bond acceptors (Lipinski definition) is 5. The predicted octanol–water partition coefficient (Wildman–Crippen LogP) is 2.88. The summed E-state index contributed by atoms with van der Waals surface area (Å²) in [6.45, 7) is 0.0911. The van der Waals surface area contributed by atoms with Gasteiger partial charge in [-0.1, -0.05) is 6.07 Å². The smallest absolute Gasteiger partial charge is 0.333 e. The lowest BCUT2D eigenvalue weighted by atomic mass is 9.98. The molecule has 0 radical (unpaired) electrons. The Bertz CT molecular complexity index is 1060. The molecular formula is C20H24F4N4O3S. The number of nitrogens with two attached hydrogens (primary N) is 1. The summed E-state index contributed by atoms with van der Waals surface area (Å²) in [5, 5.41) is 5.30. The minimum absolute atomic E-state index is 0.0407. The van der Waals surface area contributed by atoms with Crippen LogP contribution in [0.1, 0.15) is 46.6 Å². The molecule has 1 fully saturated rings. The number of sulfone groups is 1. The second-order valence-electron chi connectivity index (χ2n) is 7.91. The van der Waals surface area contributed by atoms with Crippen LogP contribution in [-0.2, 0) is 29.1 Å². The SMILES string of the molecule is NCc1ccc(F)c(CN(CCC2CCS(=O)(=O)CC2)C(=O)c2cc(C(F)(F)F)[nH]n2)c1. The van der Waals surface area contributed by atoms with E-state index in [1.54, 1.807) is 0 Å². The summed E-state index contributed by atoms with van der Waals surface area (Å²) >= 11 is 0. The maximum atomic E-state index is 14.4. The Labute approximate surface area is 182 Å². The van der Waals surface area contributed by atoms with Crippen LogP contribution in [0.4, 0.5) is 17.6 Å². The highest BCUT2D eigenvalue weighted by Gasteiger charge is 2.34. The Hall–Kier alpha value is -2.47. The van der Waals surface area contributed by atoms with Crippen molar-refractivity contribution in [3.63, 3.8) is 0 Å². The third-order valence-electron chi connectivity index (χ3n) is 5.58. The molecule has 1 aromatic carbocycles. The van der Waals surface area contributed by atoms with Gasteiger partial charge in [0.15, 0.2) is 5.69 Å². The number of carbonyl (C=O) groups is 1. The Morgan fingerprint density at radius 3 is 2.50 bits per heavy atom. The highest BCUT2D eigenvalue weighted by Crippen LogP contribution is 2.28. The molecule has 7 nitrogen and oxygen atoms in total. The molecule has 0 atom stereocenters. The van der Waals surface area contributed by atoms with E-state index >= 15 is 0 Å². The fraction of sp³-hybridized carbons (Fsp3) is 0.500. The zero-order chi connectivity index (χ0) is 23.5. The second-order valence-corrected chi connectivity index (χ2v) is 10.2. The molecule has 3 rings (SSSR count). The average Bonchev–Trinajstić information content (AvgIpc) is 3.23. The summed E-state index contributed by atoms with van der Waals surface area (Å²) in [4.78, 5) is 14.2. The van der Waals surface area contributed by atoms with Crippen molar-refractivity contribution in [2.45, 2.75) is 38.5 Å². The number of aromatic nitrogens is 2. The van der Waals surface area contributed by atoms with Crippen LogP contribution in [-0.4, -0.2) is 47.5 Å². The van der Waals surface area contributed by atoms with E-state index in [9.17, 15) is 30.8 Å². The van der Waals surface area contributed by atoms with Crippen molar-refractivity contribution in [3.8, 4) is 0 Å².